The monoisotopic (exact) mass is 464 g/mol. The minimum absolute atomic E-state index is 0.0179. The van der Waals surface area contributed by atoms with Gasteiger partial charge in [-0.15, -0.1) is 15.3 Å². The molecule has 174 valence electrons. The predicted molar refractivity (Wildman–Crippen MR) is 128 cm³/mol. The van der Waals surface area contributed by atoms with Crippen molar-refractivity contribution < 1.29 is 16.4 Å². The van der Waals surface area contributed by atoms with E-state index in [-0.39, 0.29) is 52.7 Å². The minimum Gasteiger partial charge on any atom is -0.378 e. The van der Waals surface area contributed by atoms with Crippen molar-refractivity contribution in [2.75, 3.05) is 48.8 Å². The second-order valence-corrected chi connectivity index (χ2v) is 8.50. The van der Waals surface area contributed by atoms with Crippen LogP contribution in [0.25, 0.3) is 27.9 Å². The SMILES string of the molecule is [2H]c1cc(N2CCOCC2)c([2H])n2nc(-c3cnc(NC([2H])([2H])[2H])c4nnc(NC(=O)[C@H]5C[C@H]5C)cc34)nc12. The molecule has 11 nitrogen and oxygen atoms in total. The lowest BCUT2D eigenvalue weighted by Gasteiger charge is -2.28. The fourth-order valence-electron chi connectivity index (χ4n) is 4.11. The summed E-state index contributed by atoms with van der Waals surface area (Å²) in [6, 6.07) is 3.26. The molecular weight excluding hydrogens is 434 g/mol. The summed E-state index contributed by atoms with van der Waals surface area (Å²) in [5.41, 5.74) is 1.26. The molecule has 2 N–H and O–H groups in total. The van der Waals surface area contributed by atoms with Crippen LogP contribution < -0.4 is 15.5 Å². The maximum Gasteiger partial charge on any atom is 0.228 e. The number of morpholine rings is 1. The first-order valence-electron chi connectivity index (χ1n) is 13.5. The van der Waals surface area contributed by atoms with Gasteiger partial charge >= 0.3 is 0 Å². The molecule has 0 unspecified atom stereocenters. The maximum atomic E-state index is 12.5. The molecule has 2 aliphatic rings. The number of anilines is 3. The number of carbonyl (C=O) groups excluding carboxylic acids is 1. The minimum atomic E-state index is -2.53. The molecule has 2 fully saturated rings. The quantitative estimate of drug-likeness (QED) is 0.458. The molecular formula is C23H25N9O2. The maximum absolute atomic E-state index is 12.5. The van der Waals surface area contributed by atoms with Crippen molar-refractivity contribution in [3.8, 4) is 11.4 Å². The van der Waals surface area contributed by atoms with Gasteiger partial charge in [-0.05, 0) is 30.5 Å². The number of nitrogens with zero attached hydrogens (tertiary/aromatic N) is 7. The van der Waals surface area contributed by atoms with Gasteiger partial charge in [-0.1, -0.05) is 6.92 Å². The van der Waals surface area contributed by atoms with E-state index in [4.69, 9.17) is 11.6 Å². The fraction of sp³-hybridized carbons (Fsp3) is 0.391. The molecule has 1 aliphatic heterocycles. The van der Waals surface area contributed by atoms with E-state index in [9.17, 15) is 4.79 Å². The van der Waals surface area contributed by atoms with E-state index in [1.54, 1.807) is 12.1 Å². The van der Waals surface area contributed by atoms with Gasteiger partial charge in [-0.3, -0.25) is 4.79 Å². The van der Waals surface area contributed by atoms with Crippen molar-refractivity contribution in [1.82, 2.24) is 29.8 Å². The van der Waals surface area contributed by atoms with E-state index >= 15 is 0 Å². The average molecular weight is 465 g/mol. The van der Waals surface area contributed by atoms with Gasteiger partial charge in [0.05, 0.1) is 27.8 Å². The Hall–Kier alpha value is -3.86. The van der Waals surface area contributed by atoms with E-state index in [1.807, 2.05) is 11.8 Å². The zero-order valence-electron chi connectivity index (χ0n) is 23.4. The molecule has 1 saturated heterocycles. The lowest BCUT2D eigenvalue weighted by atomic mass is 10.1. The van der Waals surface area contributed by atoms with Gasteiger partial charge in [-0.2, -0.15) is 0 Å². The van der Waals surface area contributed by atoms with Gasteiger partial charge in [0.15, 0.2) is 23.1 Å². The molecule has 0 radical (unpaired) electrons. The number of amides is 1. The normalized spacial score (nSPS) is 22.5. The van der Waals surface area contributed by atoms with Crippen molar-refractivity contribution >= 4 is 39.8 Å². The van der Waals surface area contributed by atoms with E-state index in [0.29, 0.717) is 48.9 Å². The molecule has 4 aromatic rings. The zero-order chi connectivity index (χ0) is 27.5. The van der Waals surface area contributed by atoms with Crippen molar-refractivity contribution in [3.63, 3.8) is 0 Å². The molecule has 1 aliphatic carbocycles. The highest BCUT2D eigenvalue weighted by Gasteiger charge is 2.39. The van der Waals surface area contributed by atoms with Crippen LogP contribution in [0.2, 0.25) is 0 Å². The van der Waals surface area contributed by atoms with Crippen LogP contribution in [0.15, 0.2) is 30.5 Å². The molecule has 34 heavy (non-hydrogen) atoms. The van der Waals surface area contributed by atoms with Crippen molar-refractivity contribution in [2.45, 2.75) is 13.3 Å². The predicted octanol–water partition coefficient (Wildman–Crippen LogP) is 2.21. The summed E-state index contributed by atoms with van der Waals surface area (Å²) in [6.45, 7) is 1.71. The standard InChI is InChI=1S/C23H25N9O2/c1-13-9-15(13)23(33)26-18-10-16-17(11-25-22(24-2)20(16)29-28-18)21-27-19-4-3-14(12-32(19)30-21)31-5-7-34-8-6-31/h3-4,10-13,15H,5-9H2,1-2H3,(H,24,25)(H,26,28,33)/t13-,15+/m1/s1/i2D3,4D,12D. The molecule has 11 heteroatoms. The van der Waals surface area contributed by atoms with E-state index in [1.165, 1.54) is 10.7 Å². The first kappa shape index (κ1) is 15.9. The van der Waals surface area contributed by atoms with E-state index < -0.39 is 6.98 Å². The molecule has 0 spiro atoms. The number of nitrogens with one attached hydrogen (secondary N) is 2. The Labute approximate surface area is 202 Å². The fourth-order valence-corrected chi connectivity index (χ4v) is 4.11. The largest absolute Gasteiger partial charge is 0.378 e. The lowest BCUT2D eigenvalue weighted by molar-refractivity contribution is -0.117. The third kappa shape index (κ3) is 3.67. The molecule has 5 heterocycles. The van der Waals surface area contributed by atoms with Gasteiger partial charge in [0.1, 0.15) is 5.52 Å². The Kier molecular flexibility index (Phi) is 3.82. The number of hydrogen-bond donors (Lipinski definition) is 2. The van der Waals surface area contributed by atoms with Gasteiger partial charge in [0.2, 0.25) is 5.91 Å². The third-order valence-electron chi connectivity index (χ3n) is 6.21. The van der Waals surface area contributed by atoms with Crippen LogP contribution in [0, 0.1) is 11.8 Å². The van der Waals surface area contributed by atoms with Gasteiger partial charge in [-0.25, -0.2) is 14.5 Å². The topological polar surface area (TPSA) is 122 Å². The van der Waals surface area contributed by atoms with Gasteiger partial charge in [0.25, 0.3) is 0 Å². The Bertz CT molecular complexity index is 1600. The molecule has 2 atom stereocenters. The lowest BCUT2D eigenvalue weighted by Crippen LogP contribution is -2.36. The second kappa shape index (κ2) is 8.17. The highest BCUT2D eigenvalue weighted by Crippen LogP contribution is 2.38. The van der Waals surface area contributed by atoms with Crippen LogP contribution in [0.1, 0.15) is 20.2 Å². The highest BCUT2D eigenvalue weighted by atomic mass is 16.5. The van der Waals surface area contributed by atoms with Crippen LogP contribution in [0.3, 0.4) is 0 Å². The first-order valence-corrected chi connectivity index (χ1v) is 11.0. The molecule has 6 rings (SSSR count). The number of aromatic nitrogens is 6. The number of hydrogen-bond acceptors (Lipinski definition) is 9. The summed E-state index contributed by atoms with van der Waals surface area (Å²) in [5, 5.41) is 18.3. The summed E-state index contributed by atoms with van der Waals surface area (Å²) in [6.07, 6.45) is 2.28. The third-order valence-corrected chi connectivity index (χ3v) is 6.21. The van der Waals surface area contributed by atoms with Crippen molar-refractivity contribution in [1.29, 1.82) is 0 Å². The highest BCUT2D eigenvalue weighted by molar-refractivity contribution is 6.01. The zero-order valence-corrected chi connectivity index (χ0v) is 18.4. The number of ether oxygens (including phenoxy) is 1. The molecule has 1 saturated carbocycles. The van der Waals surface area contributed by atoms with E-state index in [0.717, 1.165) is 6.42 Å². The van der Waals surface area contributed by atoms with Gasteiger partial charge in [0, 0.05) is 47.2 Å². The number of fused-ring (bicyclic) bond motifs is 2. The van der Waals surface area contributed by atoms with Crippen LogP contribution in [-0.2, 0) is 9.53 Å². The molecule has 0 bridgehead atoms. The Morgan fingerprint density at radius 1 is 1.32 bits per heavy atom. The summed E-state index contributed by atoms with van der Waals surface area (Å²) >= 11 is 0. The molecule has 0 aromatic carbocycles. The van der Waals surface area contributed by atoms with Gasteiger partial charge < -0.3 is 20.3 Å². The number of carbonyl (C=O) groups is 1. The summed E-state index contributed by atoms with van der Waals surface area (Å²) in [7, 11) is 0. The smallest absolute Gasteiger partial charge is 0.228 e. The Balaban J connectivity index is 1.47. The molecule has 1 amide bonds. The number of pyridine rings is 2. The summed E-state index contributed by atoms with van der Waals surface area (Å²) < 4.78 is 46.8. The summed E-state index contributed by atoms with van der Waals surface area (Å²) in [4.78, 5) is 23.3. The molecule has 4 aromatic heterocycles. The van der Waals surface area contributed by atoms with Crippen LogP contribution in [-0.4, -0.2) is 69.0 Å². The summed E-state index contributed by atoms with van der Waals surface area (Å²) in [5.74, 6) is 0.395. The van der Waals surface area contributed by atoms with Crippen LogP contribution >= 0.6 is 0 Å². The van der Waals surface area contributed by atoms with Crippen molar-refractivity contribution in [3.05, 3.63) is 30.5 Å². The average Bonchev–Trinajstić information content (AvgIpc) is 3.46. The Morgan fingerprint density at radius 2 is 2.18 bits per heavy atom. The van der Waals surface area contributed by atoms with E-state index in [2.05, 4.69) is 35.9 Å². The van der Waals surface area contributed by atoms with Crippen molar-refractivity contribution in [2.24, 2.45) is 11.8 Å². The van der Waals surface area contributed by atoms with Crippen LogP contribution in [0.4, 0.5) is 17.3 Å². The van der Waals surface area contributed by atoms with Crippen LogP contribution in [0.5, 0.6) is 0 Å². The number of rotatable bonds is 5. The first-order chi connectivity index (χ1) is 18.6. The second-order valence-electron chi connectivity index (χ2n) is 8.50. The Morgan fingerprint density at radius 3 is 2.97 bits per heavy atom.